The molecule has 5 heteroatoms. The van der Waals surface area contributed by atoms with Crippen molar-refractivity contribution in [3.63, 3.8) is 0 Å². The van der Waals surface area contributed by atoms with Gasteiger partial charge in [-0.25, -0.2) is 4.99 Å². The summed E-state index contributed by atoms with van der Waals surface area (Å²) >= 11 is 5.58. The van der Waals surface area contributed by atoms with Gasteiger partial charge >= 0.3 is 0 Å². The number of aliphatic imine (C=N–C) groups is 1. The lowest BCUT2D eigenvalue weighted by atomic mass is 10.5. The van der Waals surface area contributed by atoms with Crippen molar-refractivity contribution in [1.82, 2.24) is 0 Å². The molecule has 0 bridgehead atoms. The number of ether oxygens (including phenoxy) is 2. The molecule has 4 nitrogen and oxygen atoms in total. The van der Waals surface area contributed by atoms with Crippen LogP contribution >= 0.6 is 11.6 Å². The summed E-state index contributed by atoms with van der Waals surface area (Å²) in [6.07, 6.45) is 1.08. The zero-order valence-electron chi connectivity index (χ0n) is 7.00. The average Bonchev–Trinajstić information content (AvgIpc) is 2.03. The topological polar surface area (TPSA) is 56.8 Å². The van der Waals surface area contributed by atoms with Gasteiger partial charge in [-0.1, -0.05) is 18.2 Å². The van der Waals surface area contributed by atoms with Crippen molar-refractivity contribution < 1.29 is 9.47 Å². The third-order valence-corrected chi connectivity index (χ3v) is 1.20. The summed E-state index contributed by atoms with van der Waals surface area (Å²) in [6.45, 7) is 3.47. The average molecular weight is 191 g/mol. The van der Waals surface area contributed by atoms with Crippen LogP contribution in [0.2, 0.25) is 0 Å². The van der Waals surface area contributed by atoms with Crippen LogP contribution in [0.1, 0.15) is 0 Å². The van der Waals surface area contributed by atoms with Gasteiger partial charge in [0.15, 0.2) is 5.76 Å². The van der Waals surface area contributed by atoms with Crippen LogP contribution < -0.4 is 5.73 Å². The minimum absolute atomic E-state index is 0.194. The number of halogens is 1. The molecule has 0 saturated heterocycles. The molecule has 12 heavy (non-hydrogen) atoms. The quantitative estimate of drug-likeness (QED) is 0.314. The van der Waals surface area contributed by atoms with Crippen LogP contribution in [0.15, 0.2) is 28.2 Å². The zero-order chi connectivity index (χ0) is 9.56. The third kappa shape index (κ3) is 2.84. The van der Waals surface area contributed by atoms with Gasteiger partial charge in [0.2, 0.25) is 0 Å². The van der Waals surface area contributed by atoms with Gasteiger partial charge in [0.25, 0.3) is 5.88 Å². The van der Waals surface area contributed by atoms with Crippen LogP contribution in [-0.4, -0.2) is 20.6 Å². The van der Waals surface area contributed by atoms with E-state index in [9.17, 15) is 0 Å². The smallest absolute Gasteiger partial charge is 0.259 e. The van der Waals surface area contributed by atoms with Gasteiger partial charge in [0.1, 0.15) is 0 Å². The predicted molar refractivity (Wildman–Crippen MR) is 48.7 cm³/mol. The van der Waals surface area contributed by atoms with E-state index in [2.05, 4.69) is 11.6 Å². The molecule has 0 unspecified atom stereocenters. The van der Waals surface area contributed by atoms with Crippen LogP contribution in [0.25, 0.3) is 0 Å². The third-order valence-electron chi connectivity index (χ3n) is 1.03. The Morgan fingerprint density at radius 2 is 2.08 bits per heavy atom. The number of nitrogens with zero attached hydrogens (tertiary/aromatic N) is 1. The van der Waals surface area contributed by atoms with Crippen LogP contribution in [0.5, 0.6) is 0 Å². The Kier molecular flexibility index (Phi) is 4.96. The van der Waals surface area contributed by atoms with Crippen LogP contribution in [0.3, 0.4) is 0 Å². The Hall–Kier alpha value is -1.16. The second kappa shape index (κ2) is 5.49. The minimum Gasteiger partial charge on any atom is -0.490 e. The molecule has 0 saturated carbocycles. The van der Waals surface area contributed by atoms with Gasteiger partial charge in [-0.15, -0.1) is 0 Å². The van der Waals surface area contributed by atoms with E-state index in [0.717, 1.165) is 6.34 Å². The lowest BCUT2D eigenvalue weighted by Gasteiger charge is -2.06. The first-order valence-corrected chi connectivity index (χ1v) is 3.46. The number of hydrogen-bond donors (Lipinski definition) is 1. The molecule has 0 aromatic heterocycles. The molecule has 0 aromatic rings. The van der Waals surface area contributed by atoms with E-state index >= 15 is 0 Å². The molecule has 68 valence electrons. The van der Waals surface area contributed by atoms with E-state index in [1.807, 2.05) is 0 Å². The van der Waals surface area contributed by atoms with E-state index in [0.29, 0.717) is 0 Å². The summed E-state index contributed by atoms with van der Waals surface area (Å²) in [6, 6.07) is 0. The molecule has 0 aliphatic heterocycles. The normalized spacial score (nSPS) is 12.6. The fourth-order valence-corrected chi connectivity index (χ4v) is 0.744. The largest absolute Gasteiger partial charge is 0.490 e. The molecule has 0 spiro atoms. The van der Waals surface area contributed by atoms with Crippen molar-refractivity contribution in [3.8, 4) is 0 Å². The molecule has 0 rings (SSSR count). The van der Waals surface area contributed by atoms with Crippen molar-refractivity contribution >= 4 is 17.9 Å². The van der Waals surface area contributed by atoms with Gasteiger partial charge in [0.05, 0.1) is 25.6 Å². The van der Waals surface area contributed by atoms with Gasteiger partial charge in [-0.3, -0.25) is 0 Å². The Bertz CT molecular complexity index is 223. The molecule has 2 N–H and O–H groups in total. The maximum Gasteiger partial charge on any atom is 0.259 e. The van der Waals surface area contributed by atoms with Crippen LogP contribution in [-0.2, 0) is 9.47 Å². The van der Waals surface area contributed by atoms with Crippen molar-refractivity contribution in [3.05, 3.63) is 23.3 Å². The maximum absolute atomic E-state index is 5.58. The Morgan fingerprint density at radius 3 is 2.33 bits per heavy atom. The number of nitrogens with two attached hydrogens (primary N) is 1. The molecule has 0 aliphatic rings. The Balaban J connectivity index is 4.86. The molecular formula is C7H11ClN2O2. The Labute approximate surface area is 76.3 Å². The molecule has 0 aliphatic carbocycles. The monoisotopic (exact) mass is 190 g/mol. The van der Waals surface area contributed by atoms with Crippen molar-refractivity contribution in [2.45, 2.75) is 0 Å². The minimum atomic E-state index is 0.194. The summed E-state index contributed by atoms with van der Waals surface area (Å²) in [5.74, 6) is 0.459. The maximum atomic E-state index is 5.58. The van der Waals surface area contributed by atoms with E-state index in [-0.39, 0.29) is 16.7 Å². The van der Waals surface area contributed by atoms with E-state index in [4.69, 9.17) is 26.8 Å². The highest BCUT2D eigenvalue weighted by Gasteiger charge is 2.08. The predicted octanol–water partition coefficient (Wildman–Crippen LogP) is 1.19. The number of allylic oxidation sites excluding steroid dienone is 1. The van der Waals surface area contributed by atoms with Crippen LogP contribution in [0, 0.1) is 0 Å². The van der Waals surface area contributed by atoms with Gasteiger partial charge in [0, 0.05) is 0 Å². The number of rotatable bonds is 4. The molecule has 0 atom stereocenters. The summed E-state index contributed by atoms with van der Waals surface area (Å²) in [5, 5.41) is 0.208. The highest BCUT2D eigenvalue weighted by Crippen LogP contribution is 2.18. The molecular weight excluding hydrogens is 180 g/mol. The second-order valence-corrected chi connectivity index (χ2v) is 2.18. The van der Waals surface area contributed by atoms with Crippen molar-refractivity contribution in [1.29, 1.82) is 0 Å². The van der Waals surface area contributed by atoms with Gasteiger partial charge < -0.3 is 15.2 Å². The highest BCUT2D eigenvalue weighted by atomic mass is 35.5. The second-order valence-electron chi connectivity index (χ2n) is 1.73. The molecule has 0 radical (unpaired) electrons. The van der Waals surface area contributed by atoms with E-state index in [1.54, 1.807) is 0 Å². The Morgan fingerprint density at radius 1 is 1.50 bits per heavy atom. The molecule has 0 heterocycles. The summed E-state index contributed by atoms with van der Waals surface area (Å²) < 4.78 is 9.71. The lowest BCUT2D eigenvalue weighted by molar-refractivity contribution is 0.228. The fourth-order valence-electron chi connectivity index (χ4n) is 0.586. The first-order valence-electron chi connectivity index (χ1n) is 3.08. The summed E-state index contributed by atoms with van der Waals surface area (Å²) in [5.41, 5.74) is 5.06. The van der Waals surface area contributed by atoms with Gasteiger partial charge in [-0.05, 0) is 0 Å². The first-order chi connectivity index (χ1) is 5.67. The molecule has 0 fully saturated rings. The van der Waals surface area contributed by atoms with Gasteiger partial charge in [-0.2, -0.15) is 0 Å². The van der Waals surface area contributed by atoms with E-state index < -0.39 is 0 Å². The number of hydrogen-bond acceptors (Lipinski definition) is 3. The SMILES string of the molecule is C=C(Cl)/C(OC)=C(\N=CN)OC. The fraction of sp³-hybridized carbons (Fsp3) is 0.286. The number of methoxy groups -OCH3 is 2. The standard InChI is InChI=1S/C7H11ClN2O2/c1-5(8)6(11-2)7(12-3)10-4-9/h4H,1H2,2-3H3,(H2,9,10)/b7-6-. The van der Waals surface area contributed by atoms with Crippen molar-refractivity contribution in [2.75, 3.05) is 14.2 Å². The lowest BCUT2D eigenvalue weighted by Crippen LogP contribution is -1.98. The molecule has 0 amide bonds. The van der Waals surface area contributed by atoms with Crippen molar-refractivity contribution in [2.24, 2.45) is 10.7 Å². The molecule has 0 aromatic carbocycles. The van der Waals surface area contributed by atoms with Crippen LogP contribution in [0.4, 0.5) is 0 Å². The van der Waals surface area contributed by atoms with E-state index in [1.165, 1.54) is 14.2 Å². The first kappa shape index (κ1) is 10.8. The highest BCUT2D eigenvalue weighted by molar-refractivity contribution is 6.31. The zero-order valence-corrected chi connectivity index (χ0v) is 7.76. The summed E-state index contributed by atoms with van der Waals surface area (Å²) in [4.78, 5) is 3.67. The summed E-state index contributed by atoms with van der Waals surface area (Å²) in [7, 11) is 2.87.